The van der Waals surface area contributed by atoms with Crippen LogP contribution >= 0.6 is 0 Å². The van der Waals surface area contributed by atoms with Crippen molar-refractivity contribution in [2.24, 2.45) is 5.41 Å². The highest BCUT2D eigenvalue weighted by molar-refractivity contribution is 5.21. The predicted molar refractivity (Wildman–Crippen MR) is 64.4 cm³/mol. The molecule has 4 heteroatoms. The van der Waals surface area contributed by atoms with Gasteiger partial charge in [0.25, 0.3) is 0 Å². The first-order valence-electron chi connectivity index (χ1n) is 5.99. The SMILES string of the molecule is O=c1cc(O)cc(CC2(Cc3ccoc3)CC2)o1. The first-order chi connectivity index (χ1) is 8.65. The summed E-state index contributed by atoms with van der Waals surface area (Å²) in [6.07, 6.45) is 7.23. The lowest BCUT2D eigenvalue weighted by Gasteiger charge is -2.12. The van der Waals surface area contributed by atoms with Crippen LogP contribution in [0.25, 0.3) is 0 Å². The summed E-state index contributed by atoms with van der Waals surface area (Å²) in [5, 5.41) is 9.39. The Bertz CT molecular complexity index is 591. The lowest BCUT2D eigenvalue weighted by molar-refractivity contribution is 0.382. The normalized spacial score (nSPS) is 16.7. The van der Waals surface area contributed by atoms with Gasteiger partial charge in [-0.25, -0.2) is 4.79 Å². The third kappa shape index (κ3) is 2.32. The van der Waals surface area contributed by atoms with Crippen LogP contribution in [0.4, 0.5) is 0 Å². The maximum atomic E-state index is 11.2. The summed E-state index contributed by atoms with van der Waals surface area (Å²) in [6, 6.07) is 4.56. The molecule has 0 aromatic carbocycles. The van der Waals surface area contributed by atoms with Gasteiger partial charge in [0.1, 0.15) is 11.5 Å². The third-order valence-electron chi connectivity index (χ3n) is 3.47. The van der Waals surface area contributed by atoms with Crippen LogP contribution in [0.1, 0.15) is 24.2 Å². The molecule has 0 bridgehead atoms. The van der Waals surface area contributed by atoms with Crippen molar-refractivity contribution >= 4 is 0 Å². The topological polar surface area (TPSA) is 63.6 Å². The molecule has 1 fully saturated rings. The number of furan rings is 1. The maximum Gasteiger partial charge on any atom is 0.339 e. The van der Waals surface area contributed by atoms with Gasteiger partial charge in [-0.3, -0.25) is 0 Å². The molecule has 0 radical (unpaired) electrons. The van der Waals surface area contributed by atoms with Gasteiger partial charge >= 0.3 is 5.63 Å². The monoisotopic (exact) mass is 246 g/mol. The number of hydrogen-bond donors (Lipinski definition) is 1. The van der Waals surface area contributed by atoms with Gasteiger partial charge in [0.2, 0.25) is 0 Å². The van der Waals surface area contributed by atoms with E-state index in [4.69, 9.17) is 8.83 Å². The average Bonchev–Trinajstić information content (AvgIpc) is 2.84. The summed E-state index contributed by atoms with van der Waals surface area (Å²) in [7, 11) is 0. The molecule has 2 aromatic rings. The Morgan fingerprint density at radius 1 is 1.28 bits per heavy atom. The zero-order valence-corrected chi connectivity index (χ0v) is 9.89. The molecule has 18 heavy (non-hydrogen) atoms. The van der Waals surface area contributed by atoms with Crippen molar-refractivity contribution in [1.29, 1.82) is 0 Å². The molecule has 1 aliphatic rings. The minimum absolute atomic E-state index is 0.0274. The van der Waals surface area contributed by atoms with Gasteiger partial charge in [-0.15, -0.1) is 0 Å². The molecule has 1 aliphatic carbocycles. The van der Waals surface area contributed by atoms with Gasteiger partial charge in [-0.2, -0.15) is 0 Å². The number of aromatic hydroxyl groups is 1. The van der Waals surface area contributed by atoms with E-state index in [1.54, 1.807) is 12.5 Å². The molecule has 94 valence electrons. The van der Waals surface area contributed by atoms with Gasteiger partial charge in [-0.05, 0) is 36.3 Å². The minimum Gasteiger partial charge on any atom is -0.508 e. The Morgan fingerprint density at radius 2 is 2.11 bits per heavy atom. The van der Waals surface area contributed by atoms with Crippen molar-refractivity contribution in [2.75, 3.05) is 0 Å². The lowest BCUT2D eigenvalue weighted by atomic mass is 9.93. The second-order valence-electron chi connectivity index (χ2n) is 5.09. The van der Waals surface area contributed by atoms with Crippen molar-refractivity contribution < 1.29 is 13.9 Å². The van der Waals surface area contributed by atoms with E-state index in [1.165, 1.54) is 6.07 Å². The van der Waals surface area contributed by atoms with Gasteiger partial charge < -0.3 is 13.9 Å². The van der Waals surface area contributed by atoms with Crippen molar-refractivity contribution in [2.45, 2.75) is 25.7 Å². The third-order valence-corrected chi connectivity index (χ3v) is 3.47. The molecule has 0 aliphatic heterocycles. The van der Waals surface area contributed by atoms with E-state index in [9.17, 15) is 9.90 Å². The van der Waals surface area contributed by atoms with Crippen LogP contribution < -0.4 is 5.63 Å². The van der Waals surface area contributed by atoms with E-state index in [1.807, 2.05) is 6.07 Å². The summed E-state index contributed by atoms with van der Waals surface area (Å²) in [5.41, 5.74) is 0.826. The van der Waals surface area contributed by atoms with E-state index in [-0.39, 0.29) is 11.2 Å². The maximum absolute atomic E-state index is 11.2. The minimum atomic E-state index is -0.496. The molecule has 1 N–H and O–H groups in total. The fourth-order valence-corrected chi connectivity index (χ4v) is 2.39. The molecule has 0 unspecified atom stereocenters. The zero-order chi connectivity index (χ0) is 12.6. The van der Waals surface area contributed by atoms with Crippen LogP contribution in [-0.2, 0) is 12.8 Å². The molecule has 2 aromatic heterocycles. The lowest BCUT2D eigenvalue weighted by Crippen LogP contribution is -2.10. The summed E-state index contributed by atoms with van der Waals surface area (Å²) in [5.74, 6) is 0.529. The Morgan fingerprint density at radius 3 is 2.72 bits per heavy atom. The number of rotatable bonds is 4. The van der Waals surface area contributed by atoms with Crippen molar-refractivity contribution in [3.05, 3.63) is 52.5 Å². The first-order valence-corrected chi connectivity index (χ1v) is 5.99. The van der Waals surface area contributed by atoms with Crippen LogP contribution in [0.2, 0.25) is 0 Å². The highest BCUT2D eigenvalue weighted by Crippen LogP contribution is 2.51. The van der Waals surface area contributed by atoms with Crippen LogP contribution in [0.15, 0.2) is 44.4 Å². The van der Waals surface area contributed by atoms with Crippen LogP contribution in [-0.4, -0.2) is 5.11 Å². The van der Waals surface area contributed by atoms with E-state index >= 15 is 0 Å². The molecule has 2 heterocycles. The van der Waals surface area contributed by atoms with E-state index in [0.29, 0.717) is 12.2 Å². The molecular formula is C14H14O4. The fourth-order valence-electron chi connectivity index (χ4n) is 2.39. The highest BCUT2D eigenvalue weighted by atomic mass is 16.4. The molecule has 3 rings (SSSR count). The Labute approximate surface area is 104 Å². The molecular weight excluding hydrogens is 232 g/mol. The summed E-state index contributed by atoms with van der Waals surface area (Å²) < 4.78 is 10.2. The molecule has 0 saturated heterocycles. The smallest absolute Gasteiger partial charge is 0.339 e. The largest absolute Gasteiger partial charge is 0.508 e. The van der Waals surface area contributed by atoms with E-state index in [2.05, 4.69) is 0 Å². The van der Waals surface area contributed by atoms with Crippen molar-refractivity contribution in [3.8, 4) is 5.75 Å². The van der Waals surface area contributed by atoms with E-state index < -0.39 is 5.63 Å². The van der Waals surface area contributed by atoms with Gasteiger partial charge in [0.05, 0.1) is 18.6 Å². The Balaban J connectivity index is 1.77. The Kier molecular flexibility index (Phi) is 2.51. The number of hydrogen-bond acceptors (Lipinski definition) is 4. The fraction of sp³-hybridized carbons (Fsp3) is 0.357. The molecule has 0 atom stereocenters. The van der Waals surface area contributed by atoms with Crippen molar-refractivity contribution in [1.82, 2.24) is 0 Å². The van der Waals surface area contributed by atoms with Crippen LogP contribution in [0.3, 0.4) is 0 Å². The molecule has 1 saturated carbocycles. The Hall–Kier alpha value is -1.97. The van der Waals surface area contributed by atoms with Gasteiger partial charge in [0, 0.05) is 12.5 Å². The highest BCUT2D eigenvalue weighted by Gasteiger charge is 2.43. The van der Waals surface area contributed by atoms with E-state index in [0.717, 1.165) is 30.9 Å². The van der Waals surface area contributed by atoms with Crippen LogP contribution in [0.5, 0.6) is 5.75 Å². The molecule has 4 nitrogen and oxygen atoms in total. The second-order valence-corrected chi connectivity index (χ2v) is 5.09. The summed E-state index contributed by atoms with van der Waals surface area (Å²) in [4.78, 5) is 11.2. The average molecular weight is 246 g/mol. The van der Waals surface area contributed by atoms with Crippen molar-refractivity contribution in [3.63, 3.8) is 0 Å². The molecule has 0 amide bonds. The second kappa shape index (κ2) is 4.05. The van der Waals surface area contributed by atoms with Gasteiger partial charge in [0.15, 0.2) is 0 Å². The predicted octanol–water partition coefficient (Wildman–Crippen LogP) is 2.50. The summed E-state index contributed by atoms with van der Waals surface area (Å²) in [6.45, 7) is 0. The standard InChI is InChI=1S/C14H14O4/c15-11-5-12(18-13(16)6-11)8-14(2-3-14)7-10-1-4-17-9-10/h1,4-6,9,15H,2-3,7-8H2. The zero-order valence-electron chi connectivity index (χ0n) is 9.89. The summed E-state index contributed by atoms with van der Waals surface area (Å²) >= 11 is 0. The van der Waals surface area contributed by atoms with Gasteiger partial charge in [-0.1, -0.05) is 0 Å². The molecule has 0 spiro atoms. The van der Waals surface area contributed by atoms with Crippen LogP contribution in [0, 0.1) is 5.41 Å². The quantitative estimate of drug-likeness (QED) is 0.900. The first kappa shape index (κ1) is 11.1.